The van der Waals surface area contributed by atoms with Crippen LogP contribution in [0.3, 0.4) is 0 Å². The topological polar surface area (TPSA) is 60.0 Å². The second-order valence-electron chi connectivity index (χ2n) is 3.28. The van der Waals surface area contributed by atoms with Crippen LogP contribution < -0.4 is 5.84 Å². The van der Waals surface area contributed by atoms with Gasteiger partial charge >= 0.3 is 0 Å². The van der Waals surface area contributed by atoms with E-state index in [1.54, 1.807) is 6.33 Å². The average molecular weight is 167 g/mol. The van der Waals surface area contributed by atoms with Gasteiger partial charge in [-0.2, -0.15) is 0 Å². The molecule has 1 aliphatic rings. The summed E-state index contributed by atoms with van der Waals surface area (Å²) >= 11 is 0. The SMILES string of the molecule is Cn1cnnc1C1CCN(N)C1. The van der Waals surface area contributed by atoms with E-state index in [1.165, 1.54) is 0 Å². The number of aromatic nitrogens is 3. The molecule has 0 saturated carbocycles. The molecule has 0 spiro atoms. The number of rotatable bonds is 1. The summed E-state index contributed by atoms with van der Waals surface area (Å²) in [5.74, 6) is 7.16. The Morgan fingerprint density at radius 3 is 3.00 bits per heavy atom. The molecule has 5 nitrogen and oxygen atoms in total. The van der Waals surface area contributed by atoms with Gasteiger partial charge in [0.15, 0.2) is 0 Å². The van der Waals surface area contributed by atoms with Gasteiger partial charge in [0.1, 0.15) is 12.2 Å². The maximum atomic E-state index is 5.66. The fraction of sp³-hybridized carbons (Fsp3) is 0.714. The van der Waals surface area contributed by atoms with Crippen molar-refractivity contribution in [2.24, 2.45) is 12.9 Å². The maximum absolute atomic E-state index is 5.66. The van der Waals surface area contributed by atoms with E-state index in [0.717, 1.165) is 25.3 Å². The molecular formula is C7H13N5. The molecule has 12 heavy (non-hydrogen) atoms. The summed E-state index contributed by atoms with van der Waals surface area (Å²) in [5.41, 5.74) is 0. The predicted molar refractivity (Wildman–Crippen MR) is 44.1 cm³/mol. The second kappa shape index (κ2) is 2.84. The number of hydrogen-bond donors (Lipinski definition) is 1. The van der Waals surface area contributed by atoms with Crippen molar-refractivity contribution in [2.45, 2.75) is 12.3 Å². The van der Waals surface area contributed by atoms with Crippen LogP contribution in [0.2, 0.25) is 0 Å². The van der Waals surface area contributed by atoms with Crippen LogP contribution in [0.25, 0.3) is 0 Å². The highest BCUT2D eigenvalue weighted by Crippen LogP contribution is 2.22. The van der Waals surface area contributed by atoms with Crippen molar-refractivity contribution in [1.29, 1.82) is 0 Å². The number of hydrazine groups is 1. The van der Waals surface area contributed by atoms with Gasteiger partial charge in [-0.05, 0) is 6.42 Å². The highest BCUT2D eigenvalue weighted by molar-refractivity contribution is 4.99. The second-order valence-corrected chi connectivity index (χ2v) is 3.28. The van der Waals surface area contributed by atoms with Gasteiger partial charge in [-0.25, -0.2) is 5.01 Å². The highest BCUT2D eigenvalue weighted by Gasteiger charge is 2.24. The van der Waals surface area contributed by atoms with Crippen LogP contribution in [0, 0.1) is 0 Å². The molecule has 2 N–H and O–H groups in total. The lowest BCUT2D eigenvalue weighted by Gasteiger charge is -2.08. The minimum absolute atomic E-state index is 0.461. The molecule has 1 saturated heterocycles. The standard InChI is InChI=1S/C7H13N5/c1-11-5-9-10-7(11)6-2-3-12(8)4-6/h5-6H,2-4,8H2,1H3. The van der Waals surface area contributed by atoms with Gasteiger partial charge in [0.25, 0.3) is 0 Å². The molecule has 0 radical (unpaired) electrons. The van der Waals surface area contributed by atoms with Gasteiger partial charge in [0.2, 0.25) is 0 Å². The summed E-state index contributed by atoms with van der Waals surface area (Å²) in [6.07, 6.45) is 2.82. The molecule has 1 aromatic heterocycles. The third-order valence-corrected chi connectivity index (χ3v) is 2.33. The molecule has 5 heteroatoms. The smallest absolute Gasteiger partial charge is 0.137 e. The Morgan fingerprint density at radius 1 is 1.67 bits per heavy atom. The molecule has 1 unspecified atom stereocenters. The summed E-state index contributed by atoms with van der Waals surface area (Å²) in [6, 6.07) is 0. The Balaban J connectivity index is 2.16. The molecule has 2 heterocycles. The van der Waals surface area contributed by atoms with Gasteiger partial charge in [-0.1, -0.05) is 0 Å². The van der Waals surface area contributed by atoms with E-state index in [9.17, 15) is 0 Å². The van der Waals surface area contributed by atoms with Crippen molar-refractivity contribution in [3.8, 4) is 0 Å². The third kappa shape index (κ3) is 1.21. The van der Waals surface area contributed by atoms with Crippen molar-refractivity contribution < 1.29 is 0 Å². The van der Waals surface area contributed by atoms with Crippen LogP contribution in [0.4, 0.5) is 0 Å². The van der Waals surface area contributed by atoms with Crippen molar-refractivity contribution in [2.75, 3.05) is 13.1 Å². The van der Waals surface area contributed by atoms with E-state index >= 15 is 0 Å². The zero-order chi connectivity index (χ0) is 8.55. The molecule has 1 atom stereocenters. The Hall–Kier alpha value is -0.940. The van der Waals surface area contributed by atoms with Crippen molar-refractivity contribution in [1.82, 2.24) is 19.8 Å². The van der Waals surface area contributed by atoms with E-state index in [1.807, 2.05) is 16.6 Å². The van der Waals surface area contributed by atoms with Gasteiger partial charge in [0, 0.05) is 26.1 Å². The van der Waals surface area contributed by atoms with Crippen molar-refractivity contribution in [3.63, 3.8) is 0 Å². The van der Waals surface area contributed by atoms with Gasteiger partial charge < -0.3 is 4.57 Å². The summed E-state index contributed by atoms with van der Waals surface area (Å²) < 4.78 is 1.96. The summed E-state index contributed by atoms with van der Waals surface area (Å²) in [5, 5.41) is 9.74. The highest BCUT2D eigenvalue weighted by atomic mass is 15.4. The molecule has 1 fully saturated rings. The first-order valence-corrected chi connectivity index (χ1v) is 4.11. The molecule has 1 aromatic rings. The molecular weight excluding hydrogens is 154 g/mol. The lowest BCUT2D eigenvalue weighted by Crippen LogP contribution is -2.27. The number of hydrogen-bond acceptors (Lipinski definition) is 4. The first-order chi connectivity index (χ1) is 5.77. The molecule has 1 aliphatic heterocycles. The average Bonchev–Trinajstić information content (AvgIpc) is 2.58. The largest absolute Gasteiger partial charge is 0.320 e. The Labute approximate surface area is 71.1 Å². The van der Waals surface area contributed by atoms with E-state index < -0.39 is 0 Å². The third-order valence-electron chi connectivity index (χ3n) is 2.33. The van der Waals surface area contributed by atoms with Gasteiger partial charge in [-0.15, -0.1) is 10.2 Å². The fourth-order valence-corrected chi connectivity index (χ4v) is 1.66. The zero-order valence-electron chi connectivity index (χ0n) is 7.14. The Morgan fingerprint density at radius 2 is 2.50 bits per heavy atom. The van der Waals surface area contributed by atoms with E-state index in [0.29, 0.717) is 5.92 Å². The van der Waals surface area contributed by atoms with E-state index in [4.69, 9.17) is 5.84 Å². The predicted octanol–water partition coefficient (Wildman–Crippen LogP) is -0.522. The van der Waals surface area contributed by atoms with Crippen LogP contribution in [-0.4, -0.2) is 32.9 Å². The first-order valence-electron chi connectivity index (χ1n) is 4.11. The van der Waals surface area contributed by atoms with Crippen LogP contribution in [0.5, 0.6) is 0 Å². The molecule has 0 aromatic carbocycles. The van der Waals surface area contributed by atoms with Crippen molar-refractivity contribution >= 4 is 0 Å². The van der Waals surface area contributed by atoms with Crippen molar-refractivity contribution in [3.05, 3.63) is 12.2 Å². The molecule has 66 valence electrons. The number of nitrogens with two attached hydrogens (primary N) is 1. The number of aryl methyl sites for hydroxylation is 1. The number of nitrogens with zero attached hydrogens (tertiary/aromatic N) is 4. The van der Waals surface area contributed by atoms with Crippen LogP contribution in [0.15, 0.2) is 6.33 Å². The van der Waals surface area contributed by atoms with E-state index in [2.05, 4.69) is 10.2 Å². The molecule has 0 aliphatic carbocycles. The maximum Gasteiger partial charge on any atom is 0.137 e. The summed E-state index contributed by atoms with van der Waals surface area (Å²) in [7, 11) is 1.97. The summed E-state index contributed by atoms with van der Waals surface area (Å²) in [4.78, 5) is 0. The van der Waals surface area contributed by atoms with Crippen LogP contribution in [0.1, 0.15) is 18.2 Å². The Kier molecular flexibility index (Phi) is 1.82. The van der Waals surface area contributed by atoms with E-state index in [-0.39, 0.29) is 0 Å². The van der Waals surface area contributed by atoms with Gasteiger partial charge in [-0.3, -0.25) is 5.84 Å². The lowest BCUT2D eigenvalue weighted by molar-refractivity contribution is 0.348. The van der Waals surface area contributed by atoms with Gasteiger partial charge in [0.05, 0.1) is 0 Å². The molecule has 0 amide bonds. The first kappa shape index (κ1) is 7.70. The zero-order valence-corrected chi connectivity index (χ0v) is 7.14. The van der Waals surface area contributed by atoms with Crippen LogP contribution >= 0.6 is 0 Å². The molecule has 0 bridgehead atoms. The Bertz CT molecular complexity index is 269. The quantitative estimate of drug-likeness (QED) is 0.572. The van der Waals surface area contributed by atoms with Crippen LogP contribution in [-0.2, 0) is 7.05 Å². The fourth-order valence-electron chi connectivity index (χ4n) is 1.66. The minimum atomic E-state index is 0.461. The minimum Gasteiger partial charge on any atom is -0.320 e. The normalized spacial score (nSPS) is 25.0. The molecule has 2 rings (SSSR count). The lowest BCUT2D eigenvalue weighted by atomic mass is 10.1. The summed E-state index contributed by atoms with van der Waals surface area (Å²) in [6.45, 7) is 1.85. The monoisotopic (exact) mass is 167 g/mol.